The third-order valence-electron chi connectivity index (χ3n) is 6.99. The Morgan fingerprint density at radius 3 is 2.86 bits per heavy atom. The van der Waals surface area contributed by atoms with Crippen LogP contribution in [0, 0.1) is 5.82 Å². The van der Waals surface area contributed by atoms with E-state index in [9.17, 15) is 9.18 Å². The molecule has 0 saturated heterocycles. The number of hydrogen-bond donors (Lipinski definition) is 1. The summed E-state index contributed by atoms with van der Waals surface area (Å²) in [6, 6.07) is 12.8. The molecule has 6 nitrogen and oxygen atoms in total. The summed E-state index contributed by atoms with van der Waals surface area (Å²) in [5.74, 6) is -0.319. The summed E-state index contributed by atoms with van der Waals surface area (Å²) in [4.78, 5) is 15.9. The second-order valence-electron chi connectivity index (χ2n) is 9.45. The zero-order chi connectivity index (χ0) is 24.6. The van der Waals surface area contributed by atoms with E-state index in [1.807, 2.05) is 47.6 Å². The maximum absolute atomic E-state index is 14.0. The van der Waals surface area contributed by atoms with Gasteiger partial charge in [0, 0.05) is 55.2 Å². The van der Waals surface area contributed by atoms with Crippen molar-refractivity contribution in [3.63, 3.8) is 0 Å². The minimum atomic E-state index is -0.288. The van der Waals surface area contributed by atoms with Crippen molar-refractivity contribution in [2.45, 2.75) is 38.0 Å². The van der Waals surface area contributed by atoms with Crippen LogP contribution < -0.4 is 0 Å². The number of hydrogen-bond acceptors (Lipinski definition) is 3. The number of carbonyl (C=O) groups excluding carboxylic acids is 1. The summed E-state index contributed by atoms with van der Waals surface area (Å²) < 4.78 is 21.5. The van der Waals surface area contributed by atoms with Crippen molar-refractivity contribution in [2.75, 3.05) is 7.11 Å². The molecule has 2 aliphatic carbocycles. The van der Waals surface area contributed by atoms with Gasteiger partial charge in [0.15, 0.2) is 0 Å². The van der Waals surface area contributed by atoms with Crippen LogP contribution in [0.1, 0.15) is 35.2 Å². The molecule has 182 valence electrons. The van der Waals surface area contributed by atoms with Crippen LogP contribution in [0.3, 0.4) is 0 Å². The molecule has 1 N–H and O–H groups in total. The largest absolute Gasteiger partial charge is 0.377 e. The van der Waals surface area contributed by atoms with Crippen LogP contribution >= 0.6 is 0 Å². The number of amides is 1. The van der Waals surface area contributed by atoms with E-state index in [4.69, 9.17) is 4.74 Å². The number of methoxy groups -OCH3 is 1. The van der Waals surface area contributed by atoms with E-state index in [0.29, 0.717) is 18.5 Å². The fourth-order valence-electron chi connectivity index (χ4n) is 4.94. The quantitative estimate of drug-likeness (QED) is 0.363. The minimum Gasteiger partial charge on any atom is -0.377 e. The molecule has 0 radical (unpaired) electrons. The molecule has 6 rings (SSSR count). The third kappa shape index (κ3) is 4.27. The molecule has 4 aromatic rings. The molecule has 1 fully saturated rings. The molecule has 0 spiro atoms. The minimum absolute atomic E-state index is 0.0189. The van der Waals surface area contributed by atoms with Crippen LogP contribution in [0.25, 0.3) is 27.7 Å². The van der Waals surface area contributed by atoms with E-state index in [1.165, 1.54) is 12.1 Å². The van der Waals surface area contributed by atoms with Crippen molar-refractivity contribution in [3.8, 4) is 11.1 Å². The lowest BCUT2D eigenvalue weighted by atomic mass is 10.0. The molecule has 2 heterocycles. The molecule has 1 unspecified atom stereocenters. The van der Waals surface area contributed by atoms with Crippen LogP contribution in [0.5, 0.6) is 0 Å². The first kappa shape index (κ1) is 22.5. The normalized spacial score (nSPS) is 17.4. The van der Waals surface area contributed by atoms with Gasteiger partial charge < -0.3 is 14.2 Å². The van der Waals surface area contributed by atoms with Crippen LogP contribution in [-0.2, 0) is 11.3 Å². The van der Waals surface area contributed by atoms with Crippen molar-refractivity contribution in [1.82, 2.24) is 19.7 Å². The van der Waals surface area contributed by atoms with E-state index in [0.717, 1.165) is 46.1 Å². The Balaban J connectivity index is 1.44. The molecular weight excluding hydrogens is 455 g/mol. The number of allylic oxidation sites excluding steroid dienone is 2. The van der Waals surface area contributed by atoms with Gasteiger partial charge in [0.2, 0.25) is 0 Å². The summed E-state index contributed by atoms with van der Waals surface area (Å²) in [7, 11) is 1.71. The number of H-pyrrole nitrogens is 1. The Hall–Kier alpha value is -3.97. The average molecular weight is 483 g/mol. The van der Waals surface area contributed by atoms with Gasteiger partial charge in [-0.15, -0.1) is 0 Å². The molecule has 2 aromatic carbocycles. The number of ether oxygens (including phenoxy) is 1. The first-order valence-corrected chi connectivity index (χ1v) is 12.2. The van der Waals surface area contributed by atoms with Crippen LogP contribution in [0.4, 0.5) is 4.39 Å². The summed E-state index contributed by atoms with van der Waals surface area (Å²) in [5, 5.41) is 7.85. The van der Waals surface area contributed by atoms with E-state index < -0.39 is 0 Å². The SMILES string of the molecule is COC1C=CC=C(n2cc(C(=O)N(Cc3cccc(F)c3)C3CC3)c3ccc(-c4cn[nH]c4)cc32)C1. The first-order valence-electron chi connectivity index (χ1n) is 12.2. The van der Waals surface area contributed by atoms with Gasteiger partial charge in [-0.1, -0.05) is 36.4 Å². The number of nitrogens with one attached hydrogen (secondary N) is 1. The summed E-state index contributed by atoms with van der Waals surface area (Å²) >= 11 is 0. The molecule has 36 heavy (non-hydrogen) atoms. The standard InChI is InChI=1S/C29H27FN4O2/c1-36-25-7-3-6-24(14-25)33-18-27(26-11-8-20(13-28(26)33)21-15-31-32-16-21)29(35)34(23-9-10-23)17-19-4-2-5-22(30)12-19/h2-8,11-13,15-16,18,23,25H,9-10,14,17H2,1H3,(H,31,32). The van der Waals surface area contributed by atoms with Gasteiger partial charge >= 0.3 is 0 Å². The Bertz CT molecular complexity index is 1480. The van der Waals surface area contributed by atoms with Crippen molar-refractivity contribution in [1.29, 1.82) is 0 Å². The molecule has 1 saturated carbocycles. The van der Waals surface area contributed by atoms with E-state index in [1.54, 1.807) is 19.4 Å². The summed E-state index contributed by atoms with van der Waals surface area (Å²) in [6.07, 6.45) is 14.3. The Morgan fingerprint density at radius 2 is 2.11 bits per heavy atom. The Kier molecular flexibility index (Phi) is 5.77. The van der Waals surface area contributed by atoms with Gasteiger partial charge in [0.1, 0.15) is 5.82 Å². The van der Waals surface area contributed by atoms with E-state index in [2.05, 4.69) is 26.9 Å². The average Bonchev–Trinajstić information content (AvgIpc) is 3.44. The highest BCUT2D eigenvalue weighted by molar-refractivity contribution is 6.08. The second-order valence-corrected chi connectivity index (χ2v) is 9.45. The highest BCUT2D eigenvalue weighted by atomic mass is 19.1. The fraction of sp³-hybridized carbons (Fsp3) is 0.241. The number of aromatic amines is 1. The number of carbonyl (C=O) groups is 1. The van der Waals surface area contributed by atoms with Crippen LogP contribution in [0.15, 0.2) is 79.3 Å². The molecule has 0 aliphatic heterocycles. The molecule has 2 aromatic heterocycles. The number of fused-ring (bicyclic) bond motifs is 1. The van der Waals surface area contributed by atoms with Gasteiger partial charge in [-0.25, -0.2) is 4.39 Å². The maximum Gasteiger partial charge on any atom is 0.256 e. The van der Waals surface area contributed by atoms with E-state index in [-0.39, 0.29) is 23.9 Å². The van der Waals surface area contributed by atoms with Gasteiger partial charge in [-0.2, -0.15) is 5.10 Å². The first-order chi connectivity index (χ1) is 17.6. The van der Waals surface area contributed by atoms with Crippen molar-refractivity contribution in [2.24, 2.45) is 0 Å². The Labute approximate surface area is 208 Å². The zero-order valence-corrected chi connectivity index (χ0v) is 20.0. The molecule has 1 amide bonds. The van der Waals surface area contributed by atoms with Gasteiger partial charge in [-0.05, 0) is 48.2 Å². The molecule has 7 heteroatoms. The number of aromatic nitrogens is 3. The number of nitrogens with zero attached hydrogens (tertiary/aromatic N) is 3. The van der Waals surface area contributed by atoms with E-state index >= 15 is 0 Å². The van der Waals surface area contributed by atoms with Crippen LogP contribution in [0.2, 0.25) is 0 Å². The highest BCUT2D eigenvalue weighted by Gasteiger charge is 2.34. The number of benzene rings is 2. The molecule has 2 aliphatic rings. The third-order valence-corrected chi connectivity index (χ3v) is 6.99. The lowest BCUT2D eigenvalue weighted by Gasteiger charge is -2.22. The Morgan fingerprint density at radius 1 is 1.22 bits per heavy atom. The highest BCUT2D eigenvalue weighted by Crippen LogP contribution is 2.35. The van der Waals surface area contributed by atoms with Crippen LogP contribution in [-0.4, -0.2) is 44.8 Å². The summed E-state index contributed by atoms with van der Waals surface area (Å²) in [6.45, 7) is 0.387. The zero-order valence-electron chi connectivity index (χ0n) is 20.0. The maximum atomic E-state index is 14.0. The smallest absolute Gasteiger partial charge is 0.256 e. The van der Waals surface area contributed by atoms with Crippen molar-refractivity contribution in [3.05, 3.63) is 96.2 Å². The fourth-order valence-corrected chi connectivity index (χ4v) is 4.94. The lowest BCUT2D eigenvalue weighted by molar-refractivity contribution is 0.0731. The number of rotatable bonds is 7. The molecule has 1 atom stereocenters. The molecule has 0 bridgehead atoms. The van der Waals surface area contributed by atoms with Crippen molar-refractivity contribution >= 4 is 22.5 Å². The van der Waals surface area contributed by atoms with Crippen molar-refractivity contribution < 1.29 is 13.9 Å². The predicted molar refractivity (Wildman–Crippen MR) is 138 cm³/mol. The summed E-state index contributed by atoms with van der Waals surface area (Å²) in [5.41, 5.74) is 5.45. The topological polar surface area (TPSA) is 63.1 Å². The monoisotopic (exact) mass is 482 g/mol. The van der Waals surface area contributed by atoms with Gasteiger partial charge in [-0.3, -0.25) is 9.89 Å². The second kappa shape index (κ2) is 9.24. The van der Waals surface area contributed by atoms with Gasteiger partial charge in [0.05, 0.1) is 23.4 Å². The molecular formula is C29H27FN4O2. The van der Waals surface area contributed by atoms with Gasteiger partial charge in [0.25, 0.3) is 5.91 Å². The predicted octanol–water partition coefficient (Wildman–Crippen LogP) is 5.79. The number of halogens is 1. The lowest BCUT2D eigenvalue weighted by Crippen LogP contribution is -2.32.